The maximum atomic E-state index is 13.7. The maximum Gasteiger partial charge on any atom is 0.303 e. The van der Waals surface area contributed by atoms with Gasteiger partial charge in [0.1, 0.15) is 37.0 Å². The van der Waals surface area contributed by atoms with Gasteiger partial charge in [0, 0.05) is 95.5 Å². The molecule has 570 valence electrons. The van der Waals surface area contributed by atoms with Gasteiger partial charge in [-0.3, -0.25) is 38.4 Å². The van der Waals surface area contributed by atoms with Gasteiger partial charge >= 0.3 is 41.8 Å². The first-order valence-electron chi connectivity index (χ1n) is 35.4. The van der Waals surface area contributed by atoms with E-state index in [9.17, 15) is 38.4 Å². The van der Waals surface area contributed by atoms with Crippen LogP contribution in [0.5, 0.6) is 5.75 Å². The molecule has 32 atom stereocenters. The Labute approximate surface area is 591 Å². The van der Waals surface area contributed by atoms with Crippen LogP contribution in [0, 0.1) is 71.0 Å². The van der Waals surface area contributed by atoms with Crippen LogP contribution in [0.15, 0.2) is 24.3 Å². The molecule has 0 aliphatic carbocycles. The van der Waals surface area contributed by atoms with Crippen molar-refractivity contribution in [2.75, 3.05) is 46.2 Å². The fourth-order valence-corrected chi connectivity index (χ4v) is 14.2. The van der Waals surface area contributed by atoms with Gasteiger partial charge in [-0.1, -0.05) is 83.1 Å². The summed E-state index contributed by atoms with van der Waals surface area (Å²) in [6.45, 7) is 31.4. The Morgan fingerprint density at radius 1 is 0.337 bits per heavy atom. The zero-order valence-corrected chi connectivity index (χ0v) is 61.7. The molecule has 1 aromatic rings. The summed E-state index contributed by atoms with van der Waals surface area (Å²) in [7, 11) is 0. The molecule has 0 radical (unpaired) electrons. The van der Waals surface area contributed by atoms with Crippen molar-refractivity contribution in [3.63, 3.8) is 0 Å². The first kappa shape index (κ1) is 81.1. The van der Waals surface area contributed by atoms with E-state index < -0.39 is 195 Å². The zero-order valence-electron chi connectivity index (χ0n) is 61.7. The number of hydrogen-bond donors (Lipinski definition) is 0. The van der Waals surface area contributed by atoms with Crippen molar-refractivity contribution in [1.29, 1.82) is 0 Å². The number of ether oxygens (including phenoxy) is 21. The Morgan fingerprint density at radius 2 is 0.634 bits per heavy atom. The van der Waals surface area contributed by atoms with Crippen LogP contribution in [-0.4, -0.2) is 218 Å². The van der Waals surface area contributed by atoms with E-state index in [-0.39, 0.29) is 81.1 Å². The molecule has 7 aliphatic heterocycles. The summed E-state index contributed by atoms with van der Waals surface area (Å²) in [6, 6.07) is 6.47. The van der Waals surface area contributed by atoms with E-state index >= 15 is 0 Å². The Bertz CT molecular complexity index is 2910. The Kier molecular flexibility index (Phi) is 29.3. The number of carbonyl (C=O) groups excluding carboxylic acids is 8. The van der Waals surface area contributed by atoms with Crippen LogP contribution < -0.4 is 4.74 Å². The highest BCUT2D eigenvalue weighted by atomic mass is 16.8. The average molecular weight is 1440 g/mol. The minimum absolute atomic E-state index is 0.0466. The summed E-state index contributed by atoms with van der Waals surface area (Å²) in [5.41, 5.74) is 0.437. The van der Waals surface area contributed by atoms with E-state index in [1.807, 2.05) is 69.2 Å². The molecule has 8 rings (SSSR count). The van der Waals surface area contributed by atoms with E-state index in [1.54, 1.807) is 38.1 Å². The smallest absolute Gasteiger partial charge is 0.303 e. The molecule has 7 saturated heterocycles. The van der Waals surface area contributed by atoms with Crippen molar-refractivity contribution in [2.45, 2.75) is 255 Å². The van der Waals surface area contributed by atoms with Gasteiger partial charge in [0.25, 0.3) is 0 Å². The summed E-state index contributed by atoms with van der Waals surface area (Å²) in [5.74, 6) is -8.15. The molecule has 29 heteroatoms. The lowest BCUT2D eigenvalue weighted by atomic mass is 9.83. The highest BCUT2D eigenvalue weighted by Crippen LogP contribution is 2.44. The van der Waals surface area contributed by atoms with Gasteiger partial charge in [0.2, 0.25) is 6.29 Å². The lowest BCUT2D eigenvalue weighted by molar-refractivity contribution is -0.381. The number of aldehydes is 1. The van der Waals surface area contributed by atoms with Crippen molar-refractivity contribution in [3.05, 3.63) is 29.8 Å². The average Bonchev–Trinajstić information content (AvgIpc) is 0.765. The van der Waals surface area contributed by atoms with Crippen LogP contribution in [-0.2, 0) is 128 Å². The van der Waals surface area contributed by atoms with Gasteiger partial charge in [-0.05, 0) is 53.9 Å². The molecule has 0 N–H and O–H groups in total. The number of hydrogen-bond acceptors (Lipinski definition) is 29. The summed E-state index contributed by atoms with van der Waals surface area (Å²) in [4.78, 5) is 102. The predicted molar refractivity (Wildman–Crippen MR) is 349 cm³/mol. The Hall–Kier alpha value is -5.54. The van der Waals surface area contributed by atoms with Gasteiger partial charge in [-0.25, -0.2) is 0 Å². The summed E-state index contributed by atoms with van der Waals surface area (Å²) in [5, 5.41) is 0. The van der Waals surface area contributed by atoms with Crippen LogP contribution >= 0.6 is 0 Å². The Balaban J connectivity index is 1.17. The van der Waals surface area contributed by atoms with Crippen molar-refractivity contribution in [2.24, 2.45) is 71.0 Å². The topological polar surface area (TPSA) is 330 Å². The first-order chi connectivity index (χ1) is 47.7. The third kappa shape index (κ3) is 20.7. The molecule has 0 saturated carbocycles. The van der Waals surface area contributed by atoms with Gasteiger partial charge in [0.05, 0.1) is 64.1 Å². The van der Waals surface area contributed by atoms with Crippen molar-refractivity contribution in [1.82, 2.24) is 0 Å². The standard InChI is InChI=1S/C72H108O29/c1-32-25-82-67(60(35(32)4)88-45(14)75)85-28-53-38(7)39(8)63(91-48(17)78)70(95-53)100-58-42(11)65(93-50(19)80)72(98-55(58)30-86-68-61(89-46(15)76)36(5)33(2)26-83-68)101-59-43(12)64(92-49(18)79)71(97-56(59)31-87-69-62(90-47(16)77)37(6)34(3)27-84-69)99-57-40(9)41(10)66(96-54(57)29-81-44(13)74)94-52-22-20-51(24-73)21-23-52/h20-24,32-43,53-72H,25-31H2,1-19H3/t32-,33-,34-,35+,36?,37+,38+,39+,40?,41?,42?,43+,53?,54+,55+,56?,57+,58+,59+,60?,61?,62?,63?,64?,65?,66-,67-,68-,69-,70+,71+,72+/m1/s1. The first-order valence-corrected chi connectivity index (χ1v) is 35.4. The van der Waals surface area contributed by atoms with Crippen molar-refractivity contribution < 1.29 is 138 Å². The fraction of sp³-hybridized carbons (Fsp3) is 0.806. The molecular formula is C72H108O29. The largest absolute Gasteiger partial charge is 0.465 e. The van der Waals surface area contributed by atoms with Gasteiger partial charge < -0.3 is 99.5 Å². The van der Waals surface area contributed by atoms with Crippen LogP contribution in [0.2, 0.25) is 0 Å². The van der Waals surface area contributed by atoms with E-state index in [4.69, 9.17) is 99.5 Å². The summed E-state index contributed by atoms with van der Waals surface area (Å²) in [6.07, 6.45) is -21.7. The molecule has 7 fully saturated rings. The van der Waals surface area contributed by atoms with Crippen molar-refractivity contribution >= 4 is 48.1 Å². The second-order valence-electron chi connectivity index (χ2n) is 28.8. The summed E-state index contributed by atoms with van der Waals surface area (Å²) >= 11 is 0. The Morgan fingerprint density at radius 3 is 0.980 bits per heavy atom. The summed E-state index contributed by atoms with van der Waals surface area (Å²) < 4.78 is 135. The SMILES string of the molecule is CC(=O)OC[C@@H]1O[C@@H](Oc2ccc(C=O)cc2)C(C)C(C)[C@@H]1O[C@@H]1OC(CO[C@H]2OC[C@@H](C)[C@H](C)C2OC(C)=O)[C@@H](O[C@@H]2O[C@@H](CO[C@H]3OC[C@@H](C)C(C)C3OC(C)=O)[C@@H](O[C@@H]3OC(CO[C@H]4OC[C@@H](C)[C@H](C)C4OC(C)=O)[C@@H](C)[C@H](C)C3OC(C)=O)C(C)C2OC(C)=O)[C@H](C)C1OC(C)=O. The third-order valence-corrected chi connectivity index (χ3v) is 21.2. The molecule has 29 nitrogen and oxygen atoms in total. The lowest BCUT2D eigenvalue weighted by Crippen LogP contribution is -2.65. The normalized spacial score (nSPS) is 41.1. The molecular weight excluding hydrogens is 1330 g/mol. The van der Waals surface area contributed by atoms with Crippen LogP contribution in [0.25, 0.3) is 0 Å². The van der Waals surface area contributed by atoms with E-state index in [1.165, 1.54) is 48.5 Å². The molecule has 1 aromatic carbocycles. The highest BCUT2D eigenvalue weighted by molar-refractivity contribution is 5.75. The lowest BCUT2D eigenvalue weighted by Gasteiger charge is -2.52. The molecule has 101 heavy (non-hydrogen) atoms. The highest BCUT2D eigenvalue weighted by Gasteiger charge is 2.57. The second-order valence-corrected chi connectivity index (χ2v) is 28.8. The van der Waals surface area contributed by atoms with Gasteiger partial charge in [-0.2, -0.15) is 0 Å². The van der Waals surface area contributed by atoms with E-state index in [0.29, 0.717) is 24.2 Å². The van der Waals surface area contributed by atoms with Crippen LogP contribution in [0.3, 0.4) is 0 Å². The molecule has 12 unspecified atom stereocenters. The van der Waals surface area contributed by atoms with Crippen LogP contribution in [0.4, 0.5) is 0 Å². The quantitative estimate of drug-likeness (QED) is 0.0520. The molecule has 0 spiro atoms. The fourth-order valence-electron chi connectivity index (χ4n) is 14.2. The molecule has 7 aliphatic rings. The third-order valence-electron chi connectivity index (χ3n) is 21.2. The van der Waals surface area contributed by atoms with E-state index in [2.05, 4.69) is 0 Å². The number of esters is 7. The minimum Gasteiger partial charge on any atom is -0.465 e. The van der Waals surface area contributed by atoms with Gasteiger partial charge in [0.15, 0.2) is 74.4 Å². The zero-order chi connectivity index (χ0) is 74.0. The second kappa shape index (κ2) is 36.4. The number of carbonyl (C=O) groups is 8. The number of benzene rings is 1. The maximum absolute atomic E-state index is 13.7. The molecule has 0 amide bonds. The monoisotopic (exact) mass is 1440 g/mol. The predicted octanol–water partition coefficient (Wildman–Crippen LogP) is 6.84. The number of rotatable bonds is 26. The minimum atomic E-state index is -1.57. The molecule has 7 heterocycles. The van der Waals surface area contributed by atoms with Crippen LogP contribution in [0.1, 0.15) is 142 Å². The molecule has 0 bridgehead atoms. The van der Waals surface area contributed by atoms with E-state index in [0.717, 1.165) is 0 Å². The van der Waals surface area contributed by atoms with Gasteiger partial charge in [-0.15, -0.1) is 0 Å². The molecule has 0 aromatic heterocycles. The van der Waals surface area contributed by atoms with Crippen molar-refractivity contribution in [3.8, 4) is 5.75 Å².